The second-order valence-corrected chi connectivity index (χ2v) is 5.66. The molecule has 0 aliphatic carbocycles. The smallest absolute Gasteiger partial charge is 0.407 e. The average Bonchev–Trinajstić information content (AvgIpc) is 2.88. The van der Waals surface area contributed by atoms with Crippen LogP contribution in [0.4, 0.5) is 4.79 Å². The van der Waals surface area contributed by atoms with Gasteiger partial charge in [-0.1, -0.05) is 24.3 Å². The van der Waals surface area contributed by atoms with Crippen LogP contribution in [0.25, 0.3) is 21.8 Å². The highest BCUT2D eigenvalue weighted by molar-refractivity contribution is 6.08. The number of rotatable bonds is 2. The van der Waals surface area contributed by atoms with Gasteiger partial charge in [0, 0.05) is 34.8 Å². The number of aryl methyl sites for hydroxylation is 1. The van der Waals surface area contributed by atoms with E-state index in [-0.39, 0.29) is 12.1 Å². The Bertz CT molecular complexity index is 866. The molecule has 1 aromatic heterocycles. The topological polar surface area (TPSA) is 43.3 Å². The lowest BCUT2D eigenvalue weighted by Gasteiger charge is -2.23. The fourth-order valence-corrected chi connectivity index (χ4v) is 3.40. The Morgan fingerprint density at radius 1 is 1.18 bits per heavy atom. The van der Waals surface area contributed by atoms with Gasteiger partial charge in [0.25, 0.3) is 0 Å². The van der Waals surface area contributed by atoms with Gasteiger partial charge >= 0.3 is 6.09 Å². The maximum Gasteiger partial charge on any atom is 0.407 e. The van der Waals surface area contributed by atoms with Crippen LogP contribution in [0.3, 0.4) is 0 Å². The van der Waals surface area contributed by atoms with Gasteiger partial charge in [-0.3, -0.25) is 0 Å². The van der Waals surface area contributed by atoms with Crippen molar-refractivity contribution in [2.75, 3.05) is 6.61 Å². The quantitative estimate of drug-likeness (QED) is 0.776. The molecular weight excluding hydrogens is 276 g/mol. The van der Waals surface area contributed by atoms with Gasteiger partial charge in [0.1, 0.15) is 0 Å². The summed E-state index contributed by atoms with van der Waals surface area (Å²) >= 11 is 0. The van der Waals surface area contributed by atoms with Gasteiger partial charge in [-0.2, -0.15) is 0 Å². The number of hydrogen-bond donors (Lipinski definition) is 1. The number of carbonyl (C=O) groups excluding carboxylic acids is 1. The van der Waals surface area contributed by atoms with E-state index >= 15 is 0 Å². The molecule has 0 saturated carbocycles. The molecule has 1 saturated heterocycles. The van der Waals surface area contributed by atoms with Gasteiger partial charge < -0.3 is 14.6 Å². The number of hydrogen-bond acceptors (Lipinski definition) is 2. The second-order valence-electron chi connectivity index (χ2n) is 5.66. The van der Waals surface area contributed by atoms with Crippen molar-refractivity contribution in [2.24, 2.45) is 0 Å². The molecule has 2 aromatic carbocycles. The van der Waals surface area contributed by atoms with E-state index in [9.17, 15) is 4.79 Å². The lowest BCUT2D eigenvalue weighted by atomic mass is 10.0. The Balaban J connectivity index is 1.90. The molecule has 3 aromatic rings. The van der Waals surface area contributed by atoms with Gasteiger partial charge in [0.15, 0.2) is 0 Å². The molecule has 4 nitrogen and oxygen atoms in total. The molecule has 1 aliphatic rings. The summed E-state index contributed by atoms with van der Waals surface area (Å²) in [5, 5.41) is 5.41. The first-order valence-corrected chi connectivity index (χ1v) is 7.72. The fourth-order valence-electron chi connectivity index (χ4n) is 3.40. The van der Waals surface area contributed by atoms with Gasteiger partial charge in [-0.15, -0.1) is 0 Å². The third-order valence-corrected chi connectivity index (χ3v) is 4.45. The van der Waals surface area contributed by atoms with Gasteiger partial charge in [-0.25, -0.2) is 4.79 Å². The van der Waals surface area contributed by atoms with E-state index in [1.165, 1.54) is 21.8 Å². The average molecular weight is 294 g/mol. The molecule has 0 spiro atoms. The molecule has 1 atom stereocenters. The van der Waals surface area contributed by atoms with Crippen molar-refractivity contribution in [1.82, 2.24) is 9.88 Å². The molecule has 0 radical (unpaired) electrons. The second kappa shape index (κ2) is 5.05. The number of ether oxygens (including phenoxy) is 1. The Morgan fingerprint density at radius 2 is 2.00 bits per heavy atom. The summed E-state index contributed by atoms with van der Waals surface area (Å²) in [7, 11) is 0. The number of nitrogens with zero attached hydrogens (tertiary/aromatic N) is 1. The lowest BCUT2D eigenvalue weighted by molar-refractivity contribution is 0.115. The lowest BCUT2D eigenvalue weighted by Crippen LogP contribution is -2.35. The van der Waals surface area contributed by atoms with E-state index in [1.54, 1.807) is 0 Å². The molecule has 22 heavy (non-hydrogen) atoms. The van der Waals surface area contributed by atoms with Gasteiger partial charge in [0.2, 0.25) is 0 Å². The Hall–Kier alpha value is -2.49. The summed E-state index contributed by atoms with van der Waals surface area (Å²) in [6.07, 6.45) is 0.483. The van der Waals surface area contributed by atoms with E-state index in [0.717, 1.165) is 18.5 Å². The molecule has 1 fully saturated rings. The third-order valence-electron chi connectivity index (χ3n) is 4.45. The highest BCUT2D eigenvalue weighted by Gasteiger charge is 2.21. The molecule has 4 heteroatoms. The van der Waals surface area contributed by atoms with Crippen LogP contribution in [0.5, 0.6) is 0 Å². The van der Waals surface area contributed by atoms with E-state index in [1.807, 2.05) is 0 Å². The van der Waals surface area contributed by atoms with E-state index in [0.29, 0.717) is 6.61 Å². The van der Waals surface area contributed by atoms with Crippen LogP contribution in [-0.2, 0) is 11.3 Å². The molecule has 0 bridgehead atoms. The number of aromatic nitrogens is 1. The van der Waals surface area contributed by atoms with Crippen molar-refractivity contribution in [3.63, 3.8) is 0 Å². The summed E-state index contributed by atoms with van der Waals surface area (Å²) in [5.74, 6) is 0. The molecule has 112 valence electrons. The van der Waals surface area contributed by atoms with E-state index < -0.39 is 0 Å². The zero-order valence-corrected chi connectivity index (χ0v) is 12.5. The molecule has 0 unspecified atom stereocenters. The van der Waals surface area contributed by atoms with E-state index in [2.05, 4.69) is 59.3 Å². The molecule has 4 rings (SSSR count). The largest absolute Gasteiger partial charge is 0.449 e. The summed E-state index contributed by atoms with van der Waals surface area (Å²) in [6, 6.07) is 15.0. The van der Waals surface area contributed by atoms with Crippen LogP contribution in [0, 0.1) is 0 Å². The molecule has 1 aliphatic heterocycles. The normalized spacial score (nSPS) is 18.4. The number of para-hydroxylation sites is 1. The summed E-state index contributed by atoms with van der Waals surface area (Å²) < 4.78 is 7.29. The van der Waals surface area contributed by atoms with Crippen LogP contribution < -0.4 is 5.32 Å². The SMILES string of the molecule is CCn1c2ccccc2c2cc([C@H]3CCOC(=O)N3)ccc21. The van der Waals surface area contributed by atoms with Crippen LogP contribution >= 0.6 is 0 Å². The van der Waals surface area contributed by atoms with Crippen molar-refractivity contribution in [1.29, 1.82) is 0 Å². The minimum atomic E-state index is -0.327. The maximum atomic E-state index is 11.4. The highest BCUT2D eigenvalue weighted by Crippen LogP contribution is 2.32. The Morgan fingerprint density at radius 3 is 2.82 bits per heavy atom. The Kier molecular flexibility index (Phi) is 3.03. The van der Waals surface area contributed by atoms with Crippen molar-refractivity contribution < 1.29 is 9.53 Å². The zero-order valence-electron chi connectivity index (χ0n) is 12.5. The van der Waals surface area contributed by atoms with Crippen LogP contribution in [0.2, 0.25) is 0 Å². The first-order chi connectivity index (χ1) is 10.8. The molecule has 1 amide bonds. The standard InChI is InChI=1S/C18H18N2O2/c1-2-20-16-6-4-3-5-13(16)14-11-12(7-8-17(14)20)15-9-10-22-18(21)19-15/h3-8,11,15H,2,9-10H2,1H3,(H,19,21)/t15-/m1/s1. The number of benzene rings is 2. The summed E-state index contributed by atoms with van der Waals surface area (Å²) in [6.45, 7) is 3.58. The van der Waals surface area contributed by atoms with Crippen molar-refractivity contribution in [2.45, 2.75) is 25.9 Å². The fraction of sp³-hybridized carbons (Fsp3) is 0.278. The number of amides is 1. The molecule has 2 heterocycles. The summed E-state index contributed by atoms with van der Waals surface area (Å²) in [4.78, 5) is 11.4. The number of cyclic esters (lactones) is 1. The third kappa shape index (κ3) is 1.95. The number of fused-ring (bicyclic) bond motifs is 3. The first kappa shape index (κ1) is 13.2. The predicted molar refractivity (Wildman–Crippen MR) is 87.0 cm³/mol. The highest BCUT2D eigenvalue weighted by atomic mass is 16.5. The summed E-state index contributed by atoms with van der Waals surface area (Å²) in [5.41, 5.74) is 3.64. The first-order valence-electron chi connectivity index (χ1n) is 7.72. The molecular formula is C18H18N2O2. The van der Waals surface area contributed by atoms with Crippen LogP contribution in [0.1, 0.15) is 24.9 Å². The minimum absolute atomic E-state index is 0.0365. The van der Waals surface area contributed by atoms with Crippen molar-refractivity contribution in [3.8, 4) is 0 Å². The van der Waals surface area contributed by atoms with Crippen molar-refractivity contribution >= 4 is 27.9 Å². The zero-order chi connectivity index (χ0) is 15.1. The monoisotopic (exact) mass is 294 g/mol. The number of nitrogens with one attached hydrogen (secondary N) is 1. The van der Waals surface area contributed by atoms with Gasteiger partial charge in [0.05, 0.1) is 12.6 Å². The Labute approximate surface area is 128 Å². The van der Waals surface area contributed by atoms with Crippen LogP contribution in [0.15, 0.2) is 42.5 Å². The minimum Gasteiger partial charge on any atom is -0.449 e. The number of alkyl carbamates (subject to hydrolysis) is 1. The van der Waals surface area contributed by atoms with Crippen molar-refractivity contribution in [3.05, 3.63) is 48.0 Å². The number of carbonyl (C=O) groups is 1. The predicted octanol–water partition coefficient (Wildman–Crippen LogP) is 3.99. The van der Waals surface area contributed by atoms with Gasteiger partial charge in [-0.05, 0) is 30.7 Å². The van der Waals surface area contributed by atoms with E-state index in [4.69, 9.17) is 4.74 Å². The van der Waals surface area contributed by atoms with Crippen LogP contribution in [-0.4, -0.2) is 17.3 Å². The molecule has 1 N–H and O–H groups in total. The maximum absolute atomic E-state index is 11.4.